The molecule has 0 radical (unpaired) electrons. The number of esters is 3. The second-order valence-electron chi connectivity index (χ2n) is 18.0. The number of carbonyl (C=O) groups excluding carboxylic acids is 4. The highest BCUT2D eigenvalue weighted by Gasteiger charge is 2.58. The van der Waals surface area contributed by atoms with Crippen LogP contribution in [-0.4, -0.2) is 140 Å². The summed E-state index contributed by atoms with van der Waals surface area (Å²) in [4.78, 5) is 56.0. The number of carbonyl (C=O) groups is 4. The molecule has 18 atom stereocenters. The van der Waals surface area contributed by atoms with E-state index >= 15 is 0 Å². The summed E-state index contributed by atoms with van der Waals surface area (Å²) in [5.74, 6) is -5.11. The molecule has 2 unspecified atom stereocenters. The highest BCUT2D eigenvalue weighted by molar-refractivity contribution is 5.85. The van der Waals surface area contributed by atoms with Gasteiger partial charge in [-0.15, -0.1) is 0 Å². The summed E-state index contributed by atoms with van der Waals surface area (Å²) >= 11 is 0. The summed E-state index contributed by atoms with van der Waals surface area (Å²) in [5, 5.41) is 11.7. The Bertz CT molecular complexity index is 1430. The summed E-state index contributed by atoms with van der Waals surface area (Å²) in [7, 11) is 6.85. The first-order chi connectivity index (χ1) is 26.5. The van der Waals surface area contributed by atoms with Crippen molar-refractivity contribution in [3.63, 3.8) is 0 Å². The van der Waals surface area contributed by atoms with Crippen molar-refractivity contribution in [2.75, 3.05) is 28.3 Å². The first kappa shape index (κ1) is 47.4. The number of aliphatic hydroxyl groups excluding tert-OH is 1. The third-order valence-corrected chi connectivity index (χ3v) is 13.5. The van der Waals surface area contributed by atoms with Crippen LogP contribution in [0.3, 0.4) is 0 Å². The lowest BCUT2D eigenvalue weighted by molar-refractivity contribution is -0.320. The maximum Gasteiger partial charge on any atom is 0.311 e. The Balaban J connectivity index is 1.87. The van der Waals surface area contributed by atoms with E-state index in [4.69, 9.17) is 42.6 Å². The Morgan fingerprint density at radius 2 is 1.51 bits per heavy atom. The van der Waals surface area contributed by atoms with E-state index in [1.807, 2.05) is 60.5 Å². The zero-order valence-corrected chi connectivity index (χ0v) is 36.9. The second kappa shape index (κ2) is 18.6. The van der Waals surface area contributed by atoms with E-state index in [-0.39, 0.29) is 37.2 Å². The molecule has 15 nitrogen and oxygen atoms in total. The van der Waals surface area contributed by atoms with Crippen molar-refractivity contribution < 1.29 is 66.9 Å². The molecule has 0 aliphatic carbocycles. The molecule has 4 heterocycles. The van der Waals surface area contributed by atoms with Crippen LogP contribution >= 0.6 is 0 Å². The highest BCUT2D eigenvalue weighted by Crippen LogP contribution is 2.46. The van der Waals surface area contributed by atoms with E-state index in [2.05, 4.69) is 0 Å². The molecular weight excluding hydrogens is 742 g/mol. The fraction of sp³-hybridized carbons (Fsp3) is 0.905. The molecule has 15 heteroatoms. The van der Waals surface area contributed by atoms with Crippen molar-refractivity contribution in [1.82, 2.24) is 4.90 Å². The van der Waals surface area contributed by atoms with E-state index in [0.29, 0.717) is 12.8 Å². The molecule has 4 rings (SSSR count). The third kappa shape index (κ3) is 9.88. The van der Waals surface area contributed by atoms with Crippen molar-refractivity contribution in [3.8, 4) is 0 Å². The number of cyclic esters (lactones) is 1. The summed E-state index contributed by atoms with van der Waals surface area (Å²) in [6.07, 6.45) is -6.39. The van der Waals surface area contributed by atoms with Crippen LogP contribution in [0.25, 0.3) is 0 Å². The molecule has 0 spiro atoms. The lowest BCUT2D eigenvalue weighted by Gasteiger charge is -2.50. The second-order valence-corrected chi connectivity index (χ2v) is 18.0. The number of likely N-dealkylation sites (N-methyl/N-ethyl adjacent to an activating group) is 1. The van der Waals surface area contributed by atoms with Crippen LogP contribution in [0.4, 0.5) is 0 Å². The summed E-state index contributed by atoms with van der Waals surface area (Å²) < 4.78 is 56.7. The van der Waals surface area contributed by atoms with Crippen LogP contribution in [0.2, 0.25) is 0 Å². The third-order valence-electron chi connectivity index (χ3n) is 13.5. The Morgan fingerprint density at radius 1 is 0.895 bits per heavy atom. The molecule has 4 saturated heterocycles. The first-order valence-electron chi connectivity index (χ1n) is 20.7. The van der Waals surface area contributed by atoms with Gasteiger partial charge in [0.05, 0.1) is 42.4 Å². The van der Waals surface area contributed by atoms with E-state index < -0.39 is 114 Å². The van der Waals surface area contributed by atoms with Gasteiger partial charge in [-0.25, -0.2) is 0 Å². The van der Waals surface area contributed by atoms with Gasteiger partial charge in [-0.3, -0.25) is 19.2 Å². The number of methoxy groups -OCH3 is 2. The molecule has 328 valence electrons. The molecule has 1 N–H and O–H groups in total. The van der Waals surface area contributed by atoms with Crippen LogP contribution in [0.1, 0.15) is 108 Å². The Hall–Kier alpha value is -2.24. The number of ketones is 1. The van der Waals surface area contributed by atoms with Crippen LogP contribution in [0, 0.1) is 29.6 Å². The smallest absolute Gasteiger partial charge is 0.311 e. The molecule has 0 aromatic heterocycles. The molecule has 0 amide bonds. The molecule has 0 aromatic rings. The molecule has 0 bridgehead atoms. The van der Waals surface area contributed by atoms with Crippen LogP contribution < -0.4 is 0 Å². The summed E-state index contributed by atoms with van der Waals surface area (Å²) in [5.41, 5.74) is -3.51. The Morgan fingerprint density at radius 3 is 2.07 bits per heavy atom. The molecule has 4 aliphatic heterocycles. The predicted molar refractivity (Wildman–Crippen MR) is 207 cm³/mol. The molecule has 4 aliphatic rings. The van der Waals surface area contributed by atoms with Gasteiger partial charge in [0.15, 0.2) is 18.7 Å². The standard InChI is InChI=1S/C42H71NO14/c1-16-30-42(11)28(18-31(45)57-42)23(4)33(46)21(2)19-40(9,49-14)36(56-39-34(47)29(43(12)13)17-22(3)51-39)24(5)35(25(6)38(48)54-30)55-32-20-41(10,50-15)37(26(7)52-32)53-27(8)44/h21-26,28-30,32,34-37,39,47H,16-20H2,1-15H3/t21-,22-,23-,24+,25-,26+,28-,29+,30-,32?,34-,35+,36-,37+,39+,40-,41?,42+/m1/s1. The average Bonchev–Trinajstić information content (AvgIpc) is 3.46. The predicted octanol–water partition coefficient (Wildman–Crippen LogP) is 4.22. The zero-order chi connectivity index (χ0) is 42.9. The van der Waals surface area contributed by atoms with Gasteiger partial charge < -0.3 is 52.6 Å². The minimum absolute atomic E-state index is 0.00171. The van der Waals surface area contributed by atoms with E-state index in [1.165, 1.54) is 14.0 Å². The van der Waals surface area contributed by atoms with Crippen LogP contribution in [0.5, 0.6) is 0 Å². The lowest BCUT2D eigenvalue weighted by Crippen LogP contribution is -2.61. The van der Waals surface area contributed by atoms with Gasteiger partial charge in [0, 0.05) is 57.3 Å². The van der Waals surface area contributed by atoms with Crippen molar-refractivity contribution >= 4 is 23.7 Å². The highest BCUT2D eigenvalue weighted by atomic mass is 16.7. The van der Waals surface area contributed by atoms with Gasteiger partial charge in [-0.2, -0.15) is 0 Å². The normalized spacial score (nSPS) is 46.5. The van der Waals surface area contributed by atoms with Crippen molar-refractivity contribution in [2.24, 2.45) is 29.6 Å². The van der Waals surface area contributed by atoms with E-state index in [1.54, 1.807) is 34.8 Å². The van der Waals surface area contributed by atoms with Crippen LogP contribution in [0.15, 0.2) is 0 Å². The number of aliphatic hydroxyl groups is 1. The maximum absolute atomic E-state index is 14.5. The van der Waals surface area contributed by atoms with Crippen molar-refractivity contribution in [1.29, 1.82) is 0 Å². The monoisotopic (exact) mass is 813 g/mol. The molecule has 0 aromatic carbocycles. The van der Waals surface area contributed by atoms with Crippen molar-refractivity contribution in [2.45, 2.75) is 186 Å². The Kier molecular flexibility index (Phi) is 15.5. The van der Waals surface area contributed by atoms with Gasteiger partial charge in [0.2, 0.25) is 0 Å². The molecule has 0 saturated carbocycles. The largest absolute Gasteiger partial charge is 0.458 e. The zero-order valence-electron chi connectivity index (χ0n) is 36.9. The molecule has 57 heavy (non-hydrogen) atoms. The topological polar surface area (TPSA) is 175 Å². The number of rotatable bonds is 9. The lowest BCUT2D eigenvalue weighted by atomic mass is 9.70. The fourth-order valence-corrected chi connectivity index (χ4v) is 10.0. The number of fused-ring (bicyclic) bond motifs is 1. The number of Topliss-reactive ketones (excluding diaryl/α,β-unsaturated/α-hetero) is 1. The van der Waals surface area contributed by atoms with E-state index in [9.17, 15) is 24.3 Å². The average molecular weight is 814 g/mol. The number of hydrogen-bond donors (Lipinski definition) is 1. The number of hydrogen-bond acceptors (Lipinski definition) is 15. The summed E-state index contributed by atoms with van der Waals surface area (Å²) in [6.45, 7) is 19.5. The van der Waals surface area contributed by atoms with Gasteiger partial charge >= 0.3 is 17.9 Å². The van der Waals surface area contributed by atoms with Crippen molar-refractivity contribution in [3.05, 3.63) is 0 Å². The maximum atomic E-state index is 14.5. The van der Waals surface area contributed by atoms with Gasteiger partial charge in [0.25, 0.3) is 0 Å². The molecule has 4 fully saturated rings. The van der Waals surface area contributed by atoms with Gasteiger partial charge in [-0.05, 0) is 74.9 Å². The summed E-state index contributed by atoms with van der Waals surface area (Å²) in [6, 6.07) is -0.283. The number of ether oxygens (including phenoxy) is 9. The SMILES string of the molecule is CC[C@H]1OC(=O)[C@H](C)[C@@H](OC2CC(C)(OC)[C@@H](OC(C)=O)[C@H](C)O2)[C@H](C)[C@@H](O[C@@H]2O[C@H](C)C[C@H](N(C)C)[C@H]2O)[C@](C)(OC)C[C@@H](C)C(=O)[C@H](C)[C@H]2CC(=O)O[C@@]21C. The number of nitrogens with zero attached hydrogens (tertiary/aromatic N) is 1. The van der Waals surface area contributed by atoms with Crippen LogP contribution in [-0.2, 0) is 61.8 Å². The van der Waals surface area contributed by atoms with Gasteiger partial charge in [0.1, 0.15) is 29.2 Å². The quantitative estimate of drug-likeness (QED) is 0.259. The Labute approximate surface area is 339 Å². The van der Waals surface area contributed by atoms with Gasteiger partial charge in [-0.1, -0.05) is 27.7 Å². The fourth-order valence-electron chi connectivity index (χ4n) is 10.0. The first-order valence-corrected chi connectivity index (χ1v) is 20.7. The molecular formula is C42H71NO14. The minimum atomic E-state index is -1.26. The van der Waals surface area contributed by atoms with E-state index in [0.717, 1.165) is 0 Å². The minimum Gasteiger partial charge on any atom is -0.458 e.